The van der Waals surface area contributed by atoms with Gasteiger partial charge < -0.3 is 5.11 Å². The number of hydrogen-bond donors (Lipinski definition) is 1. The van der Waals surface area contributed by atoms with E-state index in [4.69, 9.17) is 0 Å². The first-order chi connectivity index (χ1) is 12.3. The standard InChI is InChI=1S/C18H19BrF3N3O/c19-13-5-6-15-11(7-13)8-14(26)9-16-23-24-17(25(15)16)10-1-3-12(4-2-10)18(20,21)22/h5-7,10,12,14,26H,1-4,8-9H2/t10-,12-,14?. The van der Waals surface area contributed by atoms with Crippen LogP contribution in [-0.2, 0) is 12.8 Å². The lowest BCUT2D eigenvalue weighted by Gasteiger charge is -2.29. The molecule has 1 aromatic heterocycles. The van der Waals surface area contributed by atoms with Crippen molar-refractivity contribution in [3.05, 3.63) is 39.9 Å². The van der Waals surface area contributed by atoms with Gasteiger partial charge in [0, 0.05) is 23.2 Å². The first-order valence-electron chi connectivity index (χ1n) is 8.80. The van der Waals surface area contributed by atoms with Crippen LogP contribution >= 0.6 is 15.9 Å². The summed E-state index contributed by atoms with van der Waals surface area (Å²) < 4.78 is 41.7. The minimum atomic E-state index is -4.12. The predicted octanol–water partition coefficient (Wildman–Crippen LogP) is 4.33. The molecule has 26 heavy (non-hydrogen) atoms. The van der Waals surface area contributed by atoms with Crippen molar-refractivity contribution in [3.8, 4) is 5.69 Å². The summed E-state index contributed by atoms with van der Waals surface area (Å²) in [6, 6.07) is 5.85. The molecule has 1 unspecified atom stereocenters. The maximum Gasteiger partial charge on any atom is 0.391 e. The molecule has 2 aliphatic rings. The molecule has 0 amide bonds. The summed E-state index contributed by atoms with van der Waals surface area (Å²) in [6.07, 6.45) is -2.60. The van der Waals surface area contributed by atoms with E-state index in [1.54, 1.807) is 0 Å². The van der Waals surface area contributed by atoms with Gasteiger partial charge in [0.05, 0.1) is 17.7 Å². The Morgan fingerprint density at radius 3 is 2.50 bits per heavy atom. The van der Waals surface area contributed by atoms with Crippen molar-refractivity contribution in [2.45, 2.75) is 56.7 Å². The van der Waals surface area contributed by atoms with Gasteiger partial charge in [-0.2, -0.15) is 13.2 Å². The predicted molar refractivity (Wildman–Crippen MR) is 93.2 cm³/mol. The zero-order valence-corrected chi connectivity index (χ0v) is 15.6. The molecule has 1 atom stereocenters. The average Bonchev–Trinajstić information content (AvgIpc) is 2.91. The van der Waals surface area contributed by atoms with E-state index in [9.17, 15) is 18.3 Å². The van der Waals surface area contributed by atoms with Crippen molar-refractivity contribution in [2.75, 3.05) is 0 Å². The molecule has 1 aliphatic heterocycles. The Morgan fingerprint density at radius 2 is 1.81 bits per heavy atom. The monoisotopic (exact) mass is 429 g/mol. The van der Waals surface area contributed by atoms with Gasteiger partial charge >= 0.3 is 6.18 Å². The lowest BCUT2D eigenvalue weighted by atomic mass is 9.81. The molecular weight excluding hydrogens is 411 g/mol. The first kappa shape index (κ1) is 18.0. The number of hydrogen-bond acceptors (Lipinski definition) is 3. The maximum absolute atomic E-state index is 13.0. The lowest BCUT2D eigenvalue weighted by Crippen LogP contribution is -2.28. The van der Waals surface area contributed by atoms with Crippen LogP contribution in [-0.4, -0.2) is 32.2 Å². The summed E-state index contributed by atoms with van der Waals surface area (Å²) in [5, 5.41) is 18.9. The molecule has 1 aliphatic carbocycles. The summed E-state index contributed by atoms with van der Waals surface area (Å²) in [5.41, 5.74) is 1.90. The normalized spacial score (nSPS) is 26.1. The Labute approximate surface area is 157 Å². The molecule has 1 fully saturated rings. The van der Waals surface area contributed by atoms with E-state index in [0.717, 1.165) is 21.5 Å². The van der Waals surface area contributed by atoms with Gasteiger partial charge in [-0.15, -0.1) is 10.2 Å². The van der Waals surface area contributed by atoms with Gasteiger partial charge in [-0.3, -0.25) is 4.57 Å². The molecule has 0 spiro atoms. The third kappa shape index (κ3) is 3.29. The fraction of sp³-hybridized carbons (Fsp3) is 0.556. The summed E-state index contributed by atoms with van der Waals surface area (Å²) in [7, 11) is 0. The fourth-order valence-electron chi connectivity index (χ4n) is 4.14. The molecule has 4 nitrogen and oxygen atoms in total. The number of alkyl halides is 3. The number of nitrogens with zero attached hydrogens (tertiary/aromatic N) is 3. The highest BCUT2D eigenvalue weighted by atomic mass is 79.9. The second-order valence-electron chi connectivity index (χ2n) is 7.24. The Bertz CT molecular complexity index is 812. The highest BCUT2D eigenvalue weighted by Crippen LogP contribution is 2.43. The van der Waals surface area contributed by atoms with Crippen LogP contribution in [0.25, 0.3) is 5.69 Å². The van der Waals surface area contributed by atoms with E-state index in [-0.39, 0.29) is 18.8 Å². The number of halogens is 4. The average molecular weight is 430 g/mol. The molecule has 0 saturated heterocycles. The number of benzene rings is 1. The van der Waals surface area contributed by atoms with Crippen LogP contribution in [0.5, 0.6) is 0 Å². The van der Waals surface area contributed by atoms with Crippen molar-refractivity contribution >= 4 is 15.9 Å². The topological polar surface area (TPSA) is 50.9 Å². The van der Waals surface area contributed by atoms with Crippen molar-refractivity contribution in [2.24, 2.45) is 5.92 Å². The first-order valence-corrected chi connectivity index (χ1v) is 9.60. The number of aromatic nitrogens is 3. The third-order valence-corrected chi connectivity index (χ3v) is 5.96. The highest BCUT2D eigenvalue weighted by molar-refractivity contribution is 9.10. The van der Waals surface area contributed by atoms with Gasteiger partial charge in [0.1, 0.15) is 11.6 Å². The summed E-state index contributed by atoms with van der Waals surface area (Å²) in [5.74, 6) is 0.141. The van der Waals surface area contributed by atoms with E-state index in [0.29, 0.717) is 31.5 Å². The summed E-state index contributed by atoms with van der Waals surface area (Å²) in [4.78, 5) is 0. The van der Waals surface area contributed by atoms with E-state index < -0.39 is 18.2 Å². The van der Waals surface area contributed by atoms with Crippen LogP contribution in [0.4, 0.5) is 13.2 Å². The van der Waals surface area contributed by atoms with Gasteiger partial charge in [0.2, 0.25) is 0 Å². The van der Waals surface area contributed by atoms with Crippen LogP contribution in [0.3, 0.4) is 0 Å². The van der Waals surface area contributed by atoms with Gasteiger partial charge in [0.15, 0.2) is 0 Å². The SMILES string of the molecule is OC1Cc2cc(Br)ccc2-n2c(nnc2[C@H]2CC[C@H](C(F)(F)F)CC2)C1. The van der Waals surface area contributed by atoms with Crippen LogP contribution in [0.2, 0.25) is 0 Å². The van der Waals surface area contributed by atoms with Crippen molar-refractivity contribution in [1.82, 2.24) is 14.8 Å². The molecule has 1 saturated carbocycles. The van der Waals surface area contributed by atoms with Crippen LogP contribution in [0, 0.1) is 5.92 Å². The quantitative estimate of drug-likeness (QED) is 0.733. The Kier molecular flexibility index (Phi) is 4.59. The largest absolute Gasteiger partial charge is 0.392 e. The molecule has 2 aromatic rings. The Balaban J connectivity index is 1.69. The van der Waals surface area contributed by atoms with Crippen LogP contribution in [0.15, 0.2) is 22.7 Å². The van der Waals surface area contributed by atoms with Gasteiger partial charge in [-0.25, -0.2) is 0 Å². The van der Waals surface area contributed by atoms with Crippen molar-refractivity contribution in [3.63, 3.8) is 0 Å². The molecule has 0 bridgehead atoms. The number of aliphatic hydroxyl groups excluding tert-OH is 1. The molecular formula is C18H19BrF3N3O. The van der Waals surface area contributed by atoms with E-state index >= 15 is 0 Å². The van der Waals surface area contributed by atoms with Gasteiger partial charge in [-0.1, -0.05) is 15.9 Å². The highest BCUT2D eigenvalue weighted by Gasteiger charge is 2.42. The zero-order valence-electron chi connectivity index (χ0n) is 14.0. The van der Waals surface area contributed by atoms with Gasteiger partial charge in [0.25, 0.3) is 0 Å². The number of fused-ring (bicyclic) bond motifs is 3. The molecule has 2 heterocycles. The Morgan fingerprint density at radius 1 is 1.08 bits per heavy atom. The zero-order chi connectivity index (χ0) is 18.5. The lowest BCUT2D eigenvalue weighted by molar-refractivity contribution is -0.182. The molecule has 4 rings (SSSR count). The molecule has 1 aromatic carbocycles. The number of rotatable bonds is 1. The smallest absolute Gasteiger partial charge is 0.391 e. The second-order valence-corrected chi connectivity index (χ2v) is 8.15. The maximum atomic E-state index is 13.0. The number of aliphatic hydroxyl groups is 1. The van der Waals surface area contributed by atoms with Crippen LogP contribution < -0.4 is 0 Å². The third-order valence-electron chi connectivity index (χ3n) is 5.47. The summed E-state index contributed by atoms with van der Waals surface area (Å²) in [6.45, 7) is 0. The van der Waals surface area contributed by atoms with Crippen molar-refractivity contribution in [1.29, 1.82) is 0 Å². The second kappa shape index (κ2) is 6.64. The van der Waals surface area contributed by atoms with E-state index in [2.05, 4.69) is 26.1 Å². The van der Waals surface area contributed by atoms with E-state index in [1.165, 1.54) is 0 Å². The Hall–Kier alpha value is -1.41. The minimum Gasteiger partial charge on any atom is -0.392 e. The molecule has 8 heteroatoms. The minimum absolute atomic E-state index is 0.0402. The van der Waals surface area contributed by atoms with Gasteiger partial charge in [-0.05, 0) is 49.4 Å². The molecule has 0 radical (unpaired) electrons. The summed E-state index contributed by atoms with van der Waals surface area (Å²) >= 11 is 3.46. The molecule has 1 N–H and O–H groups in total. The molecule has 140 valence electrons. The van der Waals surface area contributed by atoms with Crippen molar-refractivity contribution < 1.29 is 18.3 Å². The fourth-order valence-corrected chi connectivity index (χ4v) is 4.55. The van der Waals surface area contributed by atoms with Crippen LogP contribution in [0.1, 0.15) is 48.8 Å². The van der Waals surface area contributed by atoms with E-state index in [1.807, 2.05) is 22.8 Å².